The van der Waals surface area contributed by atoms with Crippen LogP contribution in [-0.4, -0.2) is 20.7 Å². The van der Waals surface area contributed by atoms with E-state index in [4.69, 9.17) is 5.26 Å². The van der Waals surface area contributed by atoms with Gasteiger partial charge in [0.1, 0.15) is 18.2 Å². The first-order valence-corrected chi connectivity index (χ1v) is 5.53. The zero-order chi connectivity index (χ0) is 13.7. The smallest absolute Gasteiger partial charge is 0.252 e. The van der Waals surface area contributed by atoms with Crippen LogP contribution < -0.4 is 5.32 Å². The molecule has 0 atom stereocenters. The molecule has 0 fully saturated rings. The first-order valence-electron chi connectivity index (χ1n) is 5.53. The highest BCUT2D eigenvalue weighted by atomic mass is 19.1. The number of nitriles is 1. The minimum atomic E-state index is -0.483. The third-order valence-corrected chi connectivity index (χ3v) is 2.35. The third-order valence-electron chi connectivity index (χ3n) is 2.35. The number of halogens is 1. The Morgan fingerprint density at radius 3 is 2.95 bits per heavy atom. The molecule has 19 heavy (non-hydrogen) atoms. The molecule has 0 saturated heterocycles. The second kappa shape index (κ2) is 5.73. The first kappa shape index (κ1) is 12.7. The molecule has 1 aromatic carbocycles. The number of para-hydroxylation sites is 1. The van der Waals surface area contributed by atoms with Gasteiger partial charge in [0.05, 0.1) is 12.2 Å². The van der Waals surface area contributed by atoms with Gasteiger partial charge in [-0.1, -0.05) is 12.1 Å². The highest BCUT2D eigenvalue weighted by Crippen LogP contribution is 2.12. The average Bonchev–Trinajstić information content (AvgIpc) is 2.87. The summed E-state index contributed by atoms with van der Waals surface area (Å²) >= 11 is 0. The summed E-state index contributed by atoms with van der Waals surface area (Å²) in [4.78, 5) is 15.3. The molecule has 6 nitrogen and oxygen atoms in total. The Labute approximate surface area is 108 Å². The van der Waals surface area contributed by atoms with Crippen molar-refractivity contribution in [2.45, 2.75) is 13.0 Å². The summed E-state index contributed by atoms with van der Waals surface area (Å²) in [6.07, 6.45) is 1.48. The topological polar surface area (TPSA) is 83.6 Å². The SMILES string of the molecule is N#Cc1ncn(CCC(=O)Nc2ccccc2F)n1. The molecule has 0 saturated carbocycles. The molecule has 96 valence electrons. The highest BCUT2D eigenvalue weighted by molar-refractivity contribution is 5.90. The van der Waals surface area contributed by atoms with Gasteiger partial charge < -0.3 is 5.32 Å². The number of nitrogens with zero attached hydrogens (tertiary/aromatic N) is 4. The van der Waals surface area contributed by atoms with E-state index in [1.165, 1.54) is 23.1 Å². The van der Waals surface area contributed by atoms with Crippen LogP contribution in [0.3, 0.4) is 0 Å². The van der Waals surface area contributed by atoms with Crippen molar-refractivity contribution in [3.8, 4) is 6.07 Å². The van der Waals surface area contributed by atoms with E-state index < -0.39 is 5.82 Å². The molecule has 0 aliphatic heterocycles. The normalized spacial score (nSPS) is 9.89. The van der Waals surface area contributed by atoms with Gasteiger partial charge in [-0.3, -0.25) is 9.48 Å². The molecule has 0 aliphatic carbocycles. The van der Waals surface area contributed by atoms with Crippen LogP contribution in [0.5, 0.6) is 0 Å². The Morgan fingerprint density at radius 1 is 1.47 bits per heavy atom. The number of hydrogen-bond acceptors (Lipinski definition) is 4. The molecule has 1 N–H and O–H groups in total. The fourth-order valence-electron chi connectivity index (χ4n) is 1.44. The molecule has 0 radical (unpaired) electrons. The minimum absolute atomic E-state index is 0.0505. The van der Waals surface area contributed by atoms with Gasteiger partial charge in [0.25, 0.3) is 5.82 Å². The molecule has 0 bridgehead atoms. The Balaban J connectivity index is 1.89. The molecule has 0 unspecified atom stereocenters. The number of aromatic nitrogens is 3. The van der Waals surface area contributed by atoms with E-state index in [1.54, 1.807) is 18.2 Å². The Kier molecular flexibility index (Phi) is 3.83. The third kappa shape index (κ3) is 3.35. The fraction of sp³-hybridized carbons (Fsp3) is 0.167. The number of carbonyl (C=O) groups is 1. The van der Waals surface area contributed by atoms with Crippen LogP contribution in [0.25, 0.3) is 0 Å². The predicted molar refractivity (Wildman–Crippen MR) is 64.4 cm³/mol. The summed E-state index contributed by atoms with van der Waals surface area (Å²) in [6.45, 7) is 0.273. The number of nitrogens with one attached hydrogen (secondary N) is 1. The molecule has 0 spiro atoms. The van der Waals surface area contributed by atoms with E-state index in [2.05, 4.69) is 15.4 Å². The lowest BCUT2D eigenvalue weighted by molar-refractivity contribution is -0.116. The van der Waals surface area contributed by atoms with Gasteiger partial charge in [0.15, 0.2) is 0 Å². The summed E-state index contributed by atoms with van der Waals surface area (Å²) in [5, 5.41) is 14.8. The Hall–Kier alpha value is -2.75. The number of aryl methyl sites for hydroxylation is 1. The van der Waals surface area contributed by atoms with Crippen LogP contribution in [0.1, 0.15) is 12.2 Å². The van der Waals surface area contributed by atoms with Gasteiger partial charge in [0.2, 0.25) is 5.91 Å². The maximum Gasteiger partial charge on any atom is 0.252 e. The number of rotatable bonds is 4. The van der Waals surface area contributed by atoms with E-state index in [1.807, 2.05) is 0 Å². The monoisotopic (exact) mass is 259 g/mol. The van der Waals surface area contributed by atoms with Crippen LogP contribution in [-0.2, 0) is 11.3 Å². The molecule has 7 heteroatoms. The molecular weight excluding hydrogens is 249 g/mol. The lowest BCUT2D eigenvalue weighted by atomic mass is 10.3. The van der Waals surface area contributed by atoms with Crippen molar-refractivity contribution < 1.29 is 9.18 Å². The predicted octanol–water partition coefficient (Wildman–Crippen LogP) is 1.32. The van der Waals surface area contributed by atoms with Gasteiger partial charge in [0, 0.05) is 6.42 Å². The largest absolute Gasteiger partial charge is 0.324 e. The summed E-state index contributed by atoms with van der Waals surface area (Å²) in [5.41, 5.74) is 0.142. The summed E-state index contributed by atoms with van der Waals surface area (Å²) in [6, 6.07) is 7.72. The van der Waals surface area contributed by atoms with Crippen LogP contribution in [0, 0.1) is 17.1 Å². The van der Waals surface area contributed by atoms with Crippen LogP contribution in [0.15, 0.2) is 30.6 Å². The number of carbonyl (C=O) groups excluding carboxylic acids is 1. The van der Waals surface area contributed by atoms with Gasteiger partial charge in [-0.05, 0) is 12.1 Å². The van der Waals surface area contributed by atoms with Crippen LogP contribution in [0.2, 0.25) is 0 Å². The minimum Gasteiger partial charge on any atom is -0.324 e. The maximum absolute atomic E-state index is 13.3. The number of anilines is 1. The molecule has 2 rings (SSSR count). The van der Waals surface area contributed by atoms with Gasteiger partial charge in [-0.2, -0.15) is 5.26 Å². The van der Waals surface area contributed by atoms with Gasteiger partial charge >= 0.3 is 0 Å². The standard InChI is InChI=1S/C12H10FN5O/c13-9-3-1-2-4-10(9)16-12(19)5-6-18-8-15-11(7-14)17-18/h1-4,8H,5-6H2,(H,16,19). The van der Waals surface area contributed by atoms with E-state index in [9.17, 15) is 9.18 Å². The molecule has 1 amide bonds. The lowest BCUT2D eigenvalue weighted by Gasteiger charge is -2.05. The molecular formula is C12H10FN5O. The van der Waals surface area contributed by atoms with E-state index >= 15 is 0 Å². The van der Waals surface area contributed by atoms with Crippen molar-refractivity contribution >= 4 is 11.6 Å². The molecule has 1 aromatic heterocycles. The molecule has 0 aliphatic rings. The van der Waals surface area contributed by atoms with Crippen LogP contribution >= 0.6 is 0 Å². The van der Waals surface area contributed by atoms with E-state index in [-0.39, 0.29) is 30.4 Å². The van der Waals surface area contributed by atoms with Crippen molar-refractivity contribution in [1.82, 2.24) is 14.8 Å². The average molecular weight is 259 g/mol. The van der Waals surface area contributed by atoms with Crippen molar-refractivity contribution in [3.05, 3.63) is 42.2 Å². The molecule has 2 aromatic rings. The Morgan fingerprint density at radius 2 is 2.26 bits per heavy atom. The zero-order valence-electron chi connectivity index (χ0n) is 9.88. The second-order valence-corrected chi connectivity index (χ2v) is 3.72. The number of benzene rings is 1. The van der Waals surface area contributed by atoms with Crippen molar-refractivity contribution in [2.24, 2.45) is 0 Å². The van der Waals surface area contributed by atoms with Crippen molar-refractivity contribution in [2.75, 3.05) is 5.32 Å². The lowest BCUT2D eigenvalue weighted by Crippen LogP contribution is -2.15. The second-order valence-electron chi connectivity index (χ2n) is 3.72. The van der Waals surface area contributed by atoms with Crippen molar-refractivity contribution in [1.29, 1.82) is 5.26 Å². The van der Waals surface area contributed by atoms with E-state index in [0.717, 1.165) is 0 Å². The Bertz CT molecular complexity index is 631. The summed E-state index contributed by atoms with van der Waals surface area (Å²) < 4.78 is 14.7. The summed E-state index contributed by atoms with van der Waals surface area (Å²) in [7, 11) is 0. The van der Waals surface area contributed by atoms with Gasteiger partial charge in [-0.15, -0.1) is 5.10 Å². The van der Waals surface area contributed by atoms with E-state index in [0.29, 0.717) is 0 Å². The molecule has 1 heterocycles. The maximum atomic E-state index is 13.3. The van der Waals surface area contributed by atoms with Gasteiger partial charge in [-0.25, -0.2) is 9.37 Å². The number of amides is 1. The quantitative estimate of drug-likeness (QED) is 0.897. The highest BCUT2D eigenvalue weighted by Gasteiger charge is 2.07. The number of hydrogen-bond donors (Lipinski definition) is 1. The fourth-order valence-corrected chi connectivity index (χ4v) is 1.44. The van der Waals surface area contributed by atoms with Crippen LogP contribution in [0.4, 0.5) is 10.1 Å². The van der Waals surface area contributed by atoms with Crippen molar-refractivity contribution in [3.63, 3.8) is 0 Å². The first-order chi connectivity index (χ1) is 9.19. The summed E-state index contributed by atoms with van der Waals surface area (Å²) in [5.74, 6) is -0.767. The zero-order valence-corrected chi connectivity index (χ0v) is 9.88.